The topological polar surface area (TPSA) is 66.5 Å². The first-order valence-corrected chi connectivity index (χ1v) is 9.40. The molecule has 0 aliphatic carbocycles. The predicted octanol–water partition coefficient (Wildman–Crippen LogP) is 3.79. The number of rotatable bonds is 6. The van der Waals surface area contributed by atoms with E-state index < -0.39 is 34.9 Å². The second kappa shape index (κ2) is 7.93. The normalized spacial score (nSPS) is 14.1. The molecule has 0 saturated heterocycles. The molecule has 0 atom stereocenters. The van der Waals surface area contributed by atoms with E-state index in [1.54, 1.807) is 44.2 Å². The maximum absolute atomic E-state index is 13.0. The van der Waals surface area contributed by atoms with Crippen molar-refractivity contribution >= 4 is 17.7 Å². The van der Waals surface area contributed by atoms with Crippen LogP contribution in [0.25, 0.3) is 0 Å². The smallest absolute Gasteiger partial charge is 0.355 e. The largest absolute Gasteiger partial charge is 0.416 e. The van der Waals surface area contributed by atoms with Gasteiger partial charge >= 0.3 is 6.18 Å². The number of hydrogen-bond acceptors (Lipinski definition) is 3. The van der Waals surface area contributed by atoms with Crippen molar-refractivity contribution in [2.75, 3.05) is 13.1 Å². The van der Waals surface area contributed by atoms with Gasteiger partial charge in [-0.25, -0.2) is 0 Å². The van der Waals surface area contributed by atoms with Crippen molar-refractivity contribution in [2.45, 2.75) is 31.9 Å². The van der Waals surface area contributed by atoms with Gasteiger partial charge in [0, 0.05) is 24.9 Å². The zero-order chi connectivity index (χ0) is 22.1. The number of carbonyl (C=O) groups is 3. The summed E-state index contributed by atoms with van der Waals surface area (Å²) in [4.78, 5) is 37.9. The Morgan fingerprint density at radius 3 is 2.07 bits per heavy atom. The molecule has 1 aliphatic heterocycles. The van der Waals surface area contributed by atoms with E-state index in [1.807, 2.05) is 0 Å². The van der Waals surface area contributed by atoms with Crippen molar-refractivity contribution in [2.24, 2.45) is 0 Å². The highest BCUT2D eigenvalue weighted by molar-refractivity contribution is 6.21. The molecule has 0 radical (unpaired) electrons. The van der Waals surface area contributed by atoms with Gasteiger partial charge < -0.3 is 5.32 Å². The summed E-state index contributed by atoms with van der Waals surface area (Å²) < 4.78 is 38.9. The molecule has 1 heterocycles. The van der Waals surface area contributed by atoms with Gasteiger partial charge in [0.15, 0.2) is 0 Å². The number of imide groups is 1. The number of benzene rings is 2. The third kappa shape index (κ3) is 4.37. The van der Waals surface area contributed by atoms with Gasteiger partial charge in [0.1, 0.15) is 0 Å². The number of alkyl halides is 3. The Labute approximate surface area is 171 Å². The molecule has 158 valence electrons. The minimum atomic E-state index is -4.44. The second-order valence-electron chi connectivity index (χ2n) is 7.80. The molecule has 0 bridgehead atoms. The standard InChI is InChI=1S/C22H21F3N2O3/c1-21(2,14-6-5-7-15(12-14)22(23,24)25)13-26-18(28)10-11-27-19(29)16-8-3-4-9-17(16)20(27)30/h3-9,12H,10-11,13H2,1-2H3,(H,26,28). The van der Waals surface area contributed by atoms with Crippen molar-refractivity contribution in [3.63, 3.8) is 0 Å². The van der Waals surface area contributed by atoms with Gasteiger partial charge in [0.05, 0.1) is 16.7 Å². The van der Waals surface area contributed by atoms with Gasteiger partial charge in [-0.15, -0.1) is 0 Å². The summed E-state index contributed by atoms with van der Waals surface area (Å²) in [6.45, 7) is 3.50. The first-order chi connectivity index (χ1) is 14.0. The van der Waals surface area contributed by atoms with Crippen LogP contribution in [-0.4, -0.2) is 35.7 Å². The lowest BCUT2D eigenvalue weighted by Crippen LogP contribution is -2.39. The Hall–Kier alpha value is -3.16. The lowest BCUT2D eigenvalue weighted by molar-refractivity contribution is -0.137. The van der Waals surface area contributed by atoms with E-state index in [1.165, 1.54) is 6.07 Å². The molecule has 3 amide bonds. The second-order valence-corrected chi connectivity index (χ2v) is 7.80. The molecule has 1 N–H and O–H groups in total. The third-order valence-corrected chi connectivity index (χ3v) is 5.14. The van der Waals surface area contributed by atoms with Crippen LogP contribution in [0, 0.1) is 0 Å². The summed E-state index contributed by atoms with van der Waals surface area (Å²) in [5.74, 6) is -1.27. The highest BCUT2D eigenvalue weighted by atomic mass is 19.4. The molecule has 0 fully saturated rings. The molecule has 1 aliphatic rings. The number of hydrogen-bond donors (Lipinski definition) is 1. The average Bonchev–Trinajstić information content (AvgIpc) is 2.95. The molecule has 8 heteroatoms. The number of amides is 3. The zero-order valence-electron chi connectivity index (χ0n) is 16.5. The molecule has 3 rings (SSSR count). The Kier molecular flexibility index (Phi) is 5.70. The number of nitrogens with zero attached hydrogens (tertiary/aromatic N) is 1. The van der Waals surface area contributed by atoms with Crippen molar-refractivity contribution in [3.05, 3.63) is 70.8 Å². The number of nitrogens with one attached hydrogen (secondary N) is 1. The van der Waals surface area contributed by atoms with Gasteiger partial charge in [-0.2, -0.15) is 13.2 Å². The van der Waals surface area contributed by atoms with Gasteiger partial charge in [-0.3, -0.25) is 19.3 Å². The van der Waals surface area contributed by atoms with E-state index in [2.05, 4.69) is 5.32 Å². The van der Waals surface area contributed by atoms with Crippen LogP contribution in [0.2, 0.25) is 0 Å². The highest BCUT2D eigenvalue weighted by Gasteiger charge is 2.35. The van der Waals surface area contributed by atoms with Crippen LogP contribution < -0.4 is 5.32 Å². The molecule has 2 aromatic carbocycles. The van der Waals surface area contributed by atoms with Crippen molar-refractivity contribution in [3.8, 4) is 0 Å². The summed E-state index contributed by atoms with van der Waals surface area (Å²) in [5, 5.41) is 2.68. The summed E-state index contributed by atoms with van der Waals surface area (Å²) in [6, 6.07) is 11.4. The fraction of sp³-hybridized carbons (Fsp3) is 0.318. The van der Waals surface area contributed by atoms with Gasteiger partial charge in [-0.1, -0.05) is 44.2 Å². The van der Waals surface area contributed by atoms with Gasteiger partial charge in [-0.05, 0) is 23.8 Å². The average molecular weight is 418 g/mol. The highest BCUT2D eigenvalue weighted by Crippen LogP contribution is 2.32. The maximum atomic E-state index is 13.0. The number of fused-ring (bicyclic) bond motifs is 1. The predicted molar refractivity (Wildman–Crippen MR) is 104 cm³/mol. The Balaban J connectivity index is 1.57. The van der Waals surface area contributed by atoms with E-state index in [0.717, 1.165) is 17.0 Å². The van der Waals surface area contributed by atoms with E-state index in [0.29, 0.717) is 16.7 Å². The molecule has 5 nitrogen and oxygen atoms in total. The minimum absolute atomic E-state index is 0.0673. The van der Waals surface area contributed by atoms with E-state index in [9.17, 15) is 27.6 Å². The molecule has 0 aromatic heterocycles. The van der Waals surface area contributed by atoms with Crippen LogP contribution in [-0.2, 0) is 16.4 Å². The third-order valence-electron chi connectivity index (χ3n) is 5.14. The molecule has 30 heavy (non-hydrogen) atoms. The summed E-state index contributed by atoms with van der Waals surface area (Å²) in [5.41, 5.74) is -0.419. The first kappa shape index (κ1) is 21.5. The summed E-state index contributed by atoms with van der Waals surface area (Å²) in [6.07, 6.45) is -4.54. The molecule has 0 saturated carbocycles. The Morgan fingerprint density at radius 1 is 0.933 bits per heavy atom. The van der Waals surface area contributed by atoms with Crippen LogP contribution >= 0.6 is 0 Å². The van der Waals surface area contributed by atoms with Crippen molar-refractivity contribution in [1.29, 1.82) is 0 Å². The quantitative estimate of drug-likeness (QED) is 0.726. The molecule has 0 spiro atoms. The van der Waals surface area contributed by atoms with Crippen LogP contribution in [0.1, 0.15) is 52.1 Å². The van der Waals surface area contributed by atoms with Crippen LogP contribution in [0.15, 0.2) is 48.5 Å². The summed E-state index contributed by atoms with van der Waals surface area (Å²) >= 11 is 0. The Bertz CT molecular complexity index is 964. The molecular weight excluding hydrogens is 397 g/mol. The van der Waals surface area contributed by atoms with Crippen LogP contribution in [0.3, 0.4) is 0 Å². The maximum Gasteiger partial charge on any atom is 0.416 e. The zero-order valence-corrected chi connectivity index (χ0v) is 16.5. The fourth-order valence-electron chi connectivity index (χ4n) is 3.28. The van der Waals surface area contributed by atoms with E-state index in [-0.39, 0.29) is 19.5 Å². The number of halogens is 3. The van der Waals surface area contributed by atoms with Crippen molar-refractivity contribution in [1.82, 2.24) is 10.2 Å². The van der Waals surface area contributed by atoms with Gasteiger partial charge in [0.25, 0.3) is 11.8 Å². The lowest BCUT2D eigenvalue weighted by atomic mass is 9.83. The summed E-state index contributed by atoms with van der Waals surface area (Å²) in [7, 11) is 0. The molecule has 0 unspecified atom stereocenters. The molecule has 2 aromatic rings. The van der Waals surface area contributed by atoms with Crippen molar-refractivity contribution < 1.29 is 27.6 Å². The minimum Gasteiger partial charge on any atom is -0.355 e. The van der Waals surface area contributed by atoms with E-state index >= 15 is 0 Å². The Morgan fingerprint density at radius 2 is 1.50 bits per heavy atom. The van der Waals surface area contributed by atoms with Crippen LogP contribution in [0.5, 0.6) is 0 Å². The number of carbonyl (C=O) groups excluding carboxylic acids is 3. The molecular formula is C22H21F3N2O3. The van der Waals surface area contributed by atoms with Crippen LogP contribution in [0.4, 0.5) is 13.2 Å². The van der Waals surface area contributed by atoms with Gasteiger partial charge in [0.2, 0.25) is 5.91 Å². The monoisotopic (exact) mass is 418 g/mol. The SMILES string of the molecule is CC(C)(CNC(=O)CCN1C(=O)c2ccccc2C1=O)c1cccc(C(F)(F)F)c1. The van der Waals surface area contributed by atoms with E-state index in [4.69, 9.17) is 0 Å². The lowest BCUT2D eigenvalue weighted by Gasteiger charge is -2.26. The first-order valence-electron chi connectivity index (χ1n) is 9.40. The fourth-order valence-corrected chi connectivity index (χ4v) is 3.28.